The molecule has 0 unspecified atom stereocenters. The van der Waals surface area contributed by atoms with Crippen LogP contribution in [0.5, 0.6) is 0 Å². The van der Waals surface area contributed by atoms with Crippen LogP contribution >= 0.6 is 0 Å². The summed E-state index contributed by atoms with van der Waals surface area (Å²) in [4.78, 5) is 38.7. The Labute approximate surface area is 190 Å². The average Bonchev–Trinajstić information content (AvgIpc) is 3.08. The summed E-state index contributed by atoms with van der Waals surface area (Å²) in [7, 11) is 0. The predicted molar refractivity (Wildman–Crippen MR) is 123 cm³/mol. The van der Waals surface area contributed by atoms with Crippen molar-refractivity contribution in [2.24, 2.45) is 0 Å². The monoisotopic (exact) mass is 442 g/mol. The Balaban J connectivity index is 1.85. The Kier molecular flexibility index (Phi) is 6.04. The zero-order chi connectivity index (χ0) is 23.5. The fourth-order valence-electron chi connectivity index (χ4n) is 4.08. The van der Waals surface area contributed by atoms with Crippen LogP contribution in [0.4, 0.5) is 5.69 Å². The highest BCUT2D eigenvalue weighted by atomic mass is 16.6. The SMILES string of the molecule is Cc1ccc(C(O)=C2C(=O)C(=O)N(CCc3ccccc3)[C@@H]2c2ccccc2[N+](=O)[O-])cc1. The van der Waals surface area contributed by atoms with E-state index in [-0.39, 0.29) is 29.1 Å². The number of benzene rings is 3. The molecule has 1 aliphatic rings. The number of aryl methyl sites for hydroxylation is 1. The number of nitro groups is 1. The second-order valence-electron chi connectivity index (χ2n) is 7.91. The number of carbonyl (C=O) groups is 2. The standard InChI is InChI=1S/C26H22N2O5/c1-17-11-13-19(14-12-17)24(29)22-23(20-9-5-6-10-21(20)28(32)33)27(26(31)25(22)30)16-15-18-7-3-2-4-8-18/h2-14,23,29H,15-16H2,1H3/t23-/m1/s1. The number of aliphatic hydroxyl groups is 1. The minimum Gasteiger partial charge on any atom is -0.507 e. The summed E-state index contributed by atoms with van der Waals surface area (Å²) in [5.41, 5.74) is 2.10. The summed E-state index contributed by atoms with van der Waals surface area (Å²) in [5, 5.41) is 22.8. The number of Topliss-reactive ketones (excluding diaryl/α,β-unsaturated/α-hetero) is 1. The summed E-state index contributed by atoms with van der Waals surface area (Å²) in [6.07, 6.45) is 0.454. The summed E-state index contributed by atoms with van der Waals surface area (Å²) in [5.74, 6) is -1.99. The van der Waals surface area contributed by atoms with Crippen LogP contribution in [-0.4, -0.2) is 33.2 Å². The fraction of sp³-hybridized carbons (Fsp3) is 0.154. The van der Waals surface area contributed by atoms with E-state index in [1.54, 1.807) is 30.3 Å². The van der Waals surface area contributed by atoms with E-state index < -0.39 is 22.7 Å². The fourth-order valence-corrected chi connectivity index (χ4v) is 4.08. The summed E-state index contributed by atoms with van der Waals surface area (Å²) >= 11 is 0. The van der Waals surface area contributed by atoms with Crippen LogP contribution in [0, 0.1) is 17.0 Å². The molecule has 0 aliphatic carbocycles. The molecule has 4 rings (SSSR count). The van der Waals surface area contributed by atoms with Gasteiger partial charge >= 0.3 is 0 Å². The number of amides is 1. The first-order valence-electron chi connectivity index (χ1n) is 10.5. The van der Waals surface area contributed by atoms with Crippen molar-refractivity contribution in [1.29, 1.82) is 0 Å². The largest absolute Gasteiger partial charge is 0.507 e. The van der Waals surface area contributed by atoms with E-state index in [9.17, 15) is 24.8 Å². The molecule has 3 aromatic carbocycles. The number of para-hydroxylation sites is 1. The van der Waals surface area contributed by atoms with Gasteiger partial charge in [0.25, 0.3) is 17.4 Å². The highest BCUT2D eigenvalue weighted by Crippen LogP contribution is 2.42. The lowest BCUT2D eigenvalue weighted by Crippen LogP contribution is -2.32. The summed E-state index contributed by atoms with van der Waals surface area (Å²) in [6.45, 7) is 2.05. The van der Waals surface area contributed by atoms with Gasteiger partial charge in [-0.05, 0) is 25.0 Å². The number of carbonyl (C=O) groups excluding carboxylic acids is 2. The molecule has 7 nitrogen and oxygen atoms in total. The highest BCUT2D eigenvalue weighted by molar-refractivity contribution is 6.46. The highest BCUT2D eigenvalue weighted by Gasteiger charge is 2.47. The van der Waals surface area contributed by atoms with Crippen molar-refractivity contribution in [2.75, 3.05) is 6.54 Å². The normalized spacial score (nSPS) is 17.4. The molecular weight excluding hydrogens is 420 g/mol. The Hall–Kier alpha value is -4.26. The van der Waals surface area contributed by atoms with Gasteiger partial charge in [0.15, 0.2) is 0 Å². The van der Waals surface area contributed by atoms with Gasteiger partial charge in [0, 0.05) is 18.2 Å². The van der Waals surface area contributed by atoms with Gasteiger partial charge in [-0.25, -0.2) is 0 Å². The van der Waals surface area contributed by atoms with Gasteiger partial charge in [-0.1, -0.05) is 72.3 Å². The third kappa shape index (κ3) is 4.25. The molecule has 166 valence electrons. The molecule has 1 atom stereocenters. The lowest BCUT2D eigenvalue weighted by molar-refractivity contribution is -0.385. The first-order chi connectivity index (χ1) is 15.9. The molecule has 0 aromatic heterocycles. The number of aliphatic hydroxyl groups excluding tert-OH is 1. The Morgan fingerprint density at radius 2 is 1.61 bits per heavy atom. The minimum atomic E-state index is -1.07. The van der Waals surface area contributed by atoms with E-state index in [4.69, 9.17) is 0 Å². The molecule has 33 heavy (non-hydrogen) atoms. The lowest BCUT2D eigenvalue weighted by atomic mass is 9.94. The molecule has 1 aliphatic heterocycles. The molecule has 1 amide bonds. The van der Waals surface area contributed by atoms with E-state index in [1.165, 1.54) is 23.1 Å². The predicted octanol–water partition coefficient (Wildman–Crippen LogP) is 4.57. The average molecular weight is 442 g/mol. The molecule has 1 fully saturated rings. The molecule has 0 bridgehead atoms. The molecule has 1 saturated heterocycles. The van der Waals surface area contributed by atoms with Crippen LogP contribution in [0.25, 0.3) is 5.76 Å². The van der Waals surface area contributed by atoms with Gasteiger partial charge in [0.05, 0.1) is 22.1 Å². The van der Waals surface area contributed by atoms with Gasteiger partial charge in [0.2, 0.25) is 0 Å². The number of nitro benzene ring substituents is 1. The van der Waals surface area contributed by atoms with Gasteiger partial charge in [-0.3, -0.25) is 19.7 Å². The van der Waals surface area contributed by atoms with Crippen molar-refractivity contribution in [3.8, 4) is 0 Å². The maximum atomic E-state index is 13.1. The van der Waals surface area contributed by atoms with E-state index in [0.717, 1.165) is 11.1 Å². The second kappa shape index (κ2) is 9.08. The maximum Gasteiger partial charge on any atom is 0.295 e. The summed E-state index contributed by atoms with van der Waals surface area (Å²) in [6, 6.07) is 21.2. The number of hydrogen-bond donors (Lipinski definition) is 1. The van der Waals surface area contributed by atoms with Crippen LogP contribution in [0.1, 0.15) is 28.3 Å². The third-order valence-corrected chi connectivity index (χ3v) is 5.78. The van der Waals surface area contributed by atoms with E-state index in [0.29, 0.717) is 12.0 Å². The molecule has 7 heteroatoms. The van der Waals surface area contributed by atoms with Gasteiger partial charge < -0.3 is 10.0 Å². The number of likely N-dealkylation sites (tertiary alicyclic amines) is 1. The van der Waals surface area contributed by atoms with E-state index in [2.05, 4.69) is 0 Å². The van der Waals surface area contributed by atoms with Crippen molar-refractivity contribution in [2.45, 2.75) is 19.4 Å². The first kappa shape index (κ1) is 22.0. The van der Waals surface area contributed by atoms with Crippen molar-refractivity contribution in [1.82, 2.24) is 4.90 Å². The first-order valence-corrected chi connectivity index (χ1v) is 10.5. The lowest BCUT2D eigenvalue weighted by Gasteiger charge is -2.25. The molecule has 0 saturated carbocycles. The number of hydrogen-bond acceptors (Lipinski definition) is 5. The Bertz CT molecular complexity index is 1250. The quantitative estimate of drug-likeness (QED) is 0.198. The Morgan fingerprint density at radius 3 is 2.27 bits per heavy atom. The molecule has 1 N–H and O–H groups in total. The van der Waals surface area contributed by atoms with Gasteiger partial charge in [-0.2, -0.15) is 0 Å². The maximum absolute atomic E-state index is 13.1. The van der Waals surface area contributed by atoms with Crippen molar-refractivity contribution >= 4 is 23.1 Å². The topological polar surface area (TPSA) is 101 Å². The van der Waals surface area contributed by atoms with Crippen LogP contribution in [0.2, 0.25) is 0 Å². The van der Waals surface area contributed by atoms with E-state index >= 15 is 0 Å². The second-order valence-corrected chi connectivity index (χ2v) is 7.91. The molecular formula is C26H22N2O5. The molecule has 0 spiro atoms. The van der Waals surface area contributed by atoms with Crippen LogP contribution in [0.3, 0.4) is 0 Å². The third-order valence-electron chi connectivity index (χ3n) is 5.78. The molecule has 0 radical (unpaired) electrons. The van der Waals surface area contributed by atoms with E-state index in [1.807, 2.05) is 37.3 Å². The van der Waals surface area contributed by atoms with Crippen molar-refractivity contribution in [3.63, 3.8) is 0 Å². The van der Waals surface area contributed by atoms with Crippen molar-refractivity contribution < 1.29 is 19.6 Å². The number of nitrogens with zero attached hydrogens (tertiary/aromatic N) is 2. The number of rotatable bonds is 6. The Morgan fingerprint density at radius 1 is 0.970 bits per heavy atom. The summed E-state index contributed by atoms with van der Waals surface area (Å²) < 4.78 is 0. The number of ketones is 1. The van der Waals surface area contributed by atoms with Gasteiger partial charge in [-0.15, -0.1) is 0 Å². The van der Waals surface area contributed by atoms with Crippen LogP contribution < -0.4 is 0 Å². The zero-order valence-electron chi connectivity index (χ0n) is 18.0. The minimum absolute atomic E-state index is 0.147. The van der Waals surface area contributed by atoms with Crippen molar-refractivity contribution in [3.05, 3.63) is 117 Å². The van der Waals surface area contributed by atoms with Crippen LogP contribution in [-0.2, 0) is 16.0 Å². The smallest absolute Gasteiger partial charge is 0.295 e. The molecule has 3 aromatic rings. The van der Waals surface area contributed by atoms with Gasteiger partial charge in [0.1, 0.15) is 5.76 Å². The zero-order valence-corrected chi connectivity index (χ0v) is 18.0. The molecule has 1 heterocycles. The van der Waals surface area contributed by atoms with Crippen LogP contribution in [0.15, 0.2) is 84.4 Å².